The number of hydrogen-bond acceptors (Lipinski definition) is 2. The minimum absolute atomic E-state index is 0.0869. The minimum atomic E-state index is -0.678. The number of rotatable bonds is 17. The van der Waals surface area contributed by atoms with E-state index >= 15 is 0 Å². The van der Waals surface area contributed by atoms with E-state index in [0.29, 0.717) is 13.0 Å². The number of carbonyl (C=O) groups excluding carboxylic acids is 1. The fourth-order valence-electron chi connectivity index (χ4n) is 3.53. The van der Waals surface area contributed by atoms with Crippen molar-refractivity contribution in [3.05, 3.63) is 34.9 Å². The second-order valence-corrected chi connectivity index (χ2v) is 8.41. The maximum Gasteiger partial charge on any atom is 0.315 e. The molecule has 0 bridgehead atoms. The third-order valence-corrected chi connectivity index (χ3v) is 5.63. The van der Waals surface area contributed by atoms with Crippen molar-refractivity contribution in [3.8, 4) is 0 Å². The second kappa shape index (κ2) is 16.7. The molecule has 0 saturated heterocycles. The summed E-state index contributed by atoms with van der Waals surface area (Å²) in [5, 5.41) is 14.4. The molecule has 170 valence electrons. The molecule has 0 radical (unpaired) electrons. The van der Waals surface area contributed by atoms with Gasteiger partial charge in [0, 0.05) is 19.5 Å². The predicted octanol–water partition coefficient (Wildman–Crippen LogP) is 6.26. The Kier molecular flexibility index (Phi) is 14.5. The molecule has 5 heteroatoms. The number of carbonyl (C=O) groups is 2. The molecule has 1 aromatic rings. The molecule has 5 nitrogen and oxygen atoms in total. The van der Waals surface area contributed by atoms with E-state index in [1.54, 1.807) is 0 Å². The zero-order valence-electron chi connectivity index (χ0n) is 19.1. The van der Waals surface area contributed by atoms with Crippen LogP contribution in [0.25, 0.3) is 0 Å². The molecule has 0 aliphatic heterocycles. The van der Waals surface area contributed by atoms with Crippen LogP contribution in [0.3, 0.4) is 0 Å². The molecule has 1 aromatic carbocycles. The maximum atomic E-state index is 11.9. The molecule has 0 unspecified atom stereocenters. The van der Waals surface area contributed by atoms with Crippen molar-refractivity contribution in [1.29, 1.82) is 0 Å². The molecule has 30 heavy (non-hydrogen) atoms. The summed E-state index contributed by atoms with van der Waals surface area (Å²) in [5.74, 6) is -0.678. The number of aryl methyl sites for hydroxylation is 2. The first-order chi connectivity index (χ1) is 14.5. The lowest BCUT2D eigenvalue weighted by atomic mass is 10.0. The molecule has 1 rings (SSSR count). The lowest BCUT2D eigenvalue weighted by molar-refractivity contribution is -0.137. The highest BCUT2D eigenvalue weighted by Gasteiger charge is 2.01. The Balaban J connectivity index is 1.84. The highest BCUT2D eigenvalue weighted by Crippen LogP contribution is 2.12. The van der Waals surface area contributed by atoms with Crippen LogP contribution in [0.5, 0.6) is 0 Å². The summed E-state index contributed by atoms with van der Waals surface area (Å²) in [5.41, 5.74) is 3.65. The van der Waals surface area contributed by atoms with Crippen molar-refractivity contribution in [2.24, 2.45) is 0 Å². The third-order valence-electron chi connectivity index (χ3n) is 5.63. The lowest BCUT2D eigenvalue weighted by Crippen LogP contribution is -2.35. The van der Waals surface area contributed by atoms with E-state index in [1.807, 2.05) is 0 Å². The Morgan fingerprint density at radius 2 is 1.27 bits per heavy atom. The molecule has 0 fully saturated rings. The largest absolute Gasteiger partial charge is 0.481 e. The lowest BCUT2D eigenvalue weighted by Gasteiger charge is -2.09. The summed E-state index contributed by atoms with van der Waals surface area (Å²) >= 11 is 0. The van der Waals surface area contributed by atoms with Crippen LogP contribution in [0.15, 0.2) is 18.2 Å². The molecule has 0 aromatic heterocycles. The van der Waals surface area contributed by atoms with Crippen molar-refractivity contribution >= 4 is 12.0 Å². The third kappa shape index (κ3) is 14.0. The van der Waals surface area contributed by atoms with Gasteiger partial charge in [0.25, 0.3) is 0 Å². The van der Waals surface area contributed by atoms with Gasteiger partial charge in [-0.2, -0.15) is 0 Å². The molecule has 0 atom stereocenters. The number of carboxylic acid groups (broad SMARTS) is 1. The quantitative estimate of drug-likeness (QED) is 0.261. The van der Waals surface area contributed by atoms with Gasteiger partial charge in [0.05, 0.1) is 0 Å². The number of urea groups is 1. The standard InChI is InChI=1S/C25H42N2O3/c1-21-16-17-23(19-22(21)2)20-27-25(30)26-18-14-12-10-8-6-4-3-5-7-9-11-13-15-24(28)29/h16-17,19H,3-15,18,20H2,1-2H3,(H,28,29)(H2,26,27,30). The van der Waals surface area contributed by atoms with Gasteiger partial charge in [-0.05, 0) is 43.4 Å². The van der Waals surface area contributed by atoms with Crippen LogP contribution in [0.1, 0.15) is 100 Å². The van der Waals surface area contributed by atoms with Crippen LogP contribution in [-0.2, 0) is 11.3 Å². The zero-order chi connectivity index (χ0) is 22.0. The number of benzene rings is 1. The monoisotopic (exact) mass is 418 g/mol. The summed E-state index contributed by atoms with van der Waals surface area (Å²) in [4.78, 5) is 22.3. The summed E-state index contributed by atoms with van der Waals surface area (Å²) in [6, 6.07) is 6.19. The molecule has 2 amide bonds. The van der Waals surface area contributed by atoms with Crippen molar-refractivity contribution < 1.29 is 14.7 Å². The normalized spacial score (nSPS) is 10.7. The van der Waals surface area contributed by atoms with E-state index < -0.39 is 5.97 Å². The highest BCUT2D eigenvalue weighted by atomic mass is 16.4. The van der Waals surface area contributed by atoms with E-state index in [4.69, 9.17) is 5.11 Å². The molecule has 0 aliphatic carbocycles. The number of aliphatic carboxylic acids is 1. The Hall–Kier alpha value is -2.04. The van der Waals surface area contributed by atoms with Crippen molar-refractivity contribution in [3.63, 3.8) is 0 Å². The fourth-order valence-corrected chi connectivity index (χ4v) is 3.53. The summed E-state index contributed by atoms with van der Waals surface area (Å²) in [6.45, 7) is 5.48. The number of unbranched alkanes of at least 4 members (excludes halogenated alkanes) is 11. The van der Waals surface area contributed by atoms with E-state index in [0.717, 1.165) is 31.4 Å². The van der Waals surface area contributed by atoms with Crippen LogP contribution in [0.2, 0.25) is 0 Å². The first-order valence-corrected chi connectivity index (χ1v) is 11.8. The summed E-state index contributed by atoms with van der Waals surface area (Å²) < 4.78 is 0. The van der Waals surface area contributed by atoms with Gasteiger partial charge in [0.15, 0.2) is 0 Å². The molecule has 0 saturated carbocycles. The van der Waals surface area contributed by atoms with Crippen LogP contribution in [0, 0.1) is 13.8 Å². The predicted molar refractivity (Wildman–Crippen MR) is 124 cm³/mol. The average Bonchev–Trinajstić information content (AvgIpc) is 2.71. The van der Waals surface area contributed by atoms with Crippen LogP contribution in [0.4, 0.5) is 4.79 Å². The number of carboxylic acids is 1. The molecule has 3 N–H and O–H groups in total. The first kappa shape index (κ1) is 26.0. The zero-order valence-corrected chi connectivity index (χ0v) is 19.1. The van der Waals surface area contributed by atoms with Crippen molar-refractivity contribution in [2.75, 3.05) is 6.54 Å². The SMILES string of the molecule is Cc1ccc(CNC(=O)NCCCCCCCCCCCCCCC(=O)O)cc1C. The van der Waals surface area contributed by atoms with E-state index in [1.165, 1.54) is 68.9 Å². The fraction of sp³-hybridized carbons (Fsp3) is 0.680. The first-order valence-electron chi connectivity index (χ1n) is 11.8. The Morgan fingerprint density at radius 3 is 1.80 bits per heavy atom. The van der Waals surface area contributed by atoms with Gasteiger partial charge in [-0.3, -0.25) is 4.79 Å². The van der Waals surface area contributed by atoms with Crippen molar-refractivity contribution in [2.45, 2.75) is 104 Å². The maximum absolute atomic E-state index is 11.9. The molecular formula is C25H42N2O3. The topological polar surface area (TPSA) is 78.4 Å². The molecule has 0 heterocycles. The number of nitrogens with one attached hydrogen (secondary N) is 2. The average molecular weight is 419 g/mol. The van der Waals surface area contributed by atoms with Gasteiger partial charge in [0.1, 0.15) is 0 Å². The molecular weight excluding hydrogens is 376 g/mol. The Bertz CT molecular complexity index is 616. The molecule has 0 aliphatic rings. The van der Waals surface area contributed by atoms with E-state index in [9.17, 15) is 9.59 Å². The summed E-state index contributed by atoms with van der Waals surface area (Å²) in [6.07, 6.45) is 14.4. The Morgan fingerprint density at radius 1 is 0.733 bits per heavy atom. The second-order valence-electron chi connectivity index (χ2n) is 8.41. The van der Waals surface area contributed by atoms with Crippen LogP contribution < -0.4 is 10.6 Å². The van der Waals surface area contributed by atoms with Crippen LogP contribution in [-0.4, -0.2) is 23.7 Å². The van der Waals surface area contributed by atoms with Gasteiger partial charge in [-0.1, -0.05) is 82.4 Å². The Labute approximate surface area is 183 Å². The van der Waals surface area contributed by atoms with Gasteiger partial charge < -0.3 is 15.7 Å². The van der Waals surface area contributed by atoms with E-state index in [2.05, 4.69) is 42.7 Å². The van der Waals surface area contributed by atoms with Gasteiger partial charge in [-0.25, -0.2) is 4.79 Å². The van der Waals surface area contributed by atoms with Gasteiger partial charge in [-0.15, -0.1) is 0 Å². The van der Waals surface area contributed by atoms with E-state index in [-0.39, 0.29) is 6.03 Å². The van der Waals surface area contributed by atoms with Crippen molar-refractivity contribution in [1.82, 2.24) is 10.6 Å². The molecule has 0 spiro atoms. The summed E-state index contributed by atoms with van der Waals surface area (Å²) in [7, 11) is 0. The minimum Gasteiger partial charge on any atom is -0.481 e. The van der Waals surface area contributed by atoms with Crippen LogP contribution >= 0.6 is 0 Å². The van der Waals surface area contributed by atoms with Gasteiger partial charge in [0.2, 0.25) is 0 Å². The number of hydrogen-bond donors (Lipinski definition) is 3. The highest BCUT2D eigenvalue weighted by molar-refractivity contribution is 5.73. The van der Waals surface area contributed by atoms with Gasteiger partial charge >= 0.3 is 12.0 Å². The number of amides is 2. The smallest absolute Gasteiger partial charge is 0.315 e.